The summed E-state index contributed by atoms with van der Waals surface area (Å²) in [7, 11) is 0. The Morgan fingerprint density at radius 1 is 1.22 bits per heavy atom. The summed E-state index contributed by atoms with van der Waals surface area (Å²) in [6.07, 6.45) is 0.583. The molecule has 0 unspecified atom stereocenters. The first-order valence-corrected chi connectivity index (χ1v) is 8.83. The number of hydrogen-bond acceptors (Lipinski definition) is 6. The van der Waals surface area contributed by atoms with E-state index in [-0.39, 0.29) is 12.5 Å². The van der Waals surface area contributed by atoms with Crippen LogP contribution in [0.4, 0.5) is 0 Å². The molecule has 0 aliphatic rings. The van der Waals surface area contributed by atoms with E-state index in [2.05, 4.69) is 5.32 Å². The number of aryl methyl sites for hydroxylation is 2. The Balaban J connectivity index is 2.26. The molecule has 0 fully saturated rings. The molecule has 0 bridgehead atoms. The average molecular weight is 374 g/mol. The molecular weight excluding hydrogens is 350 g/mol. The number of carbonyl (C=O) groups excluding carboxylic acids is 2. The normalized spacial score (nSPS) is 13.2. The molecule has 1 N–H and O–H groups in total. The fourth-order valence-corrected chi connectivity index (χ4v) is 2.83. The minimum absolute atomic E-state index is 0.266. The highest BCUT2D eigenvalue weighted by Crippen LogP contribution is 2.30. The molecule has 0 aliphatic heterocycles. The molecule has 27 heavy (non-hydrogen) atoms. The van der Waals surface area contributed by atoms with Gasteiger partial charge >= 0.3 is 5.63 Å². The number of rotatable bonds is 7. The topological polar surface area (TPSA) is 109 Å². The molecule has 2 aromatic rings. The first-order chi connectivity index (χ1) is 12.6. The number of amides is 1. The number of benzene rings is 1. The van der Waals surface area contributed by atoms with Crippen molar-refractivity contribution in [3.8, 4) is 5.75 Å². The average Bonchev–Trinajstić information content (AvgIpc) is 2.61. The zero-order valence-corrected chi connectivity index (χ0v) is 16.2. The van der Waals surface area contributed by atoms with Crippen molar-refractivity contribution in [3.05, 3.63) is 39.2 Å². The molecular formula is C20H24NO6-. The standard InChI is InChI=1S/C20H25NO6/c1-6-11(3)18(19(23)24)21-16(22)9-26-14-7-10(2)8-15-17(14)12(4)13(5)20(25)27-15/h7-8,11,18H,6,9H2,1-5H3,(H,21,22)(H,23,24)/p-1/t11-,18-/m0/s1. The molecule has 0 aliphatic carbocycles. The Hall–Kier alpha value is -2.83. The zero-order chi connectivity index (χ0) is 20.3. The molecule has 0 saturated heterocycles. The molecule has 7 heteroatoms. The van der Waals surface area contributed by atoms with Gasteiger partial charge in [-0.1, -0.05) is 20.3 Å². The van der Waals surface area contributed by atoms with Crippen LogP contribution < -0.4 is 20.8 Å². The lowest BCUT2D eigenvalue weighted by molar-refractivity contribution is -0.309. The Labute approximate surface area is 157 Å². The van der Waals surface area contributed by atoms with E-state index in [1.165, 1.54) is 0 Å². The summed E-state index contributed by atoms with van der Waals surface area (Å²) in [5, 5.41) is 14.3. The second kappa shape index (κ2) is 8.24. The van der Waals surface area contributed by atoms with Crippen molar-refractivity contribution in [2.24, 2.45) is 5.92 Å². The summed E-state index contributed by atoms with van der Waals surface area (Å²) in [5.74, 6) is -1.76. The highest BCUT2D eigenvalue weighted by molar-refractivity contribution is 5.89. The maximum Gasteiger partial charge on any atom is 0.339 e. The fraction of sp³-hybridized carbons (Fsp3) is 0.450. The third kappa shape index (κ3) is 4.48. The summed E-state index contributed by atoms with van der Waals surface area (Å²) in [6, 6.07) is 2.39. The monoisotopic (exact) mass is 374 g/mol. The van der Waals surface area contributed by atoms with Gasteiger partial charge in [0.2, 0.25) is 0 Å². The predicted molar refractivity (Wildman–Crippen MR) is 98.6 cm³/mol. The molecule has 0 radical (unpaired) electrons. The second-order valence-electron chi connectivity index (χ2n) is 6.81. The molecule has 1 aromatic carbocycles. The molecule has 2 atom stereocenters. The van der Waals surface area contributed by atoms with Gasteiger partial charge in [0.15, 0.2) is 6.61 Å². The lowest BCUT2D eigenvalue weighted by Crippen LogP contribution is -2.52. The van der Waals surface area contributed by atoms with Gasteiger partial charge in [-0.25, -0.2) is 4.79 Å². The van der Waals surface area contributed by atoms with Gasteiger partial charge in [0.05, 0.1) is 17.4 Å². The van der Waals surface area contributed by atoms with Crippen LogP contribution in [0.25, 0.3) is 11.0 Å². The predicted octanol–water partition coefficient (Wildman–Crippen LogP) is 1.38. The van der Waals surface area contributed by atoms with E-state index in [0.717, 1.165) is 5.56 Å². The molecule has 146 valence electrons. The van der Waals surface area contributed by atoms with Crippen molar-refractivity contribution in [1.82, 2.24) is 5.32 Å². The maximum atomic E-state index is 12.2. The van der Waals surface area contributed by atoms with Crippen molar-refractivity contribution in [2.75, 3.05) is 6.61 Å². The molecule has 2 rings (SSSR count). The van der Waals surface area contributed by atoms with E-state index in [1.54, 1.807) is 32.9 Å². The SMILES string of the molecule is CC[C@H](C)[C@H](NC(=O)COc1cc(C)cc2oc(=O)c(C)c(C)c12)C(=O)[O-]. The fourth-order valence-electron chi connectivity index (χ4n) is 2.83. The van der Waals surface area contributed by atoms with Gasteiger partial charge in [0, 0.05) is 5.56 Å². The highest BCUT2D eigenvalue weighted by atomic mass is 16.5. The van der Waals surface area contributed by atoms with Gasteiger partial charge in [-0.15, -0.1) is 0 Å². The lowest BCUT2D eigenvalue weighted by atomic mass is 9.99. The quantitative estimate of drug-likeness (QED) is 0.734. The largest absolute Gasteiger partial charge is 0.548 e. The van der Waals surface area contributed by atoms with Crippen LogP contribution in [0.1, 0.15) is 37.0 Å². The maximum absolute atomic E-state index is 12.2. The van der Waals surface area contributed by atoms with Crippen molar-refractivity contribution in [2.45, 2.75) is 47.1 Å². The minimum atomic E-state index is -1.33. The second-order valence-corrected chi connectivity index (χ2v) is 6.81. The first kappa shape index (κ1) is 20.5. The van der Waals surface area contributed by atoms with Crippen LogP contribution in [-0.4, -0.2) is 24.5 Å². The molecule has 1 aromatic heterocycles. The number of aliphatic carboxylic acids is 1. The summed E-state index contributed by atoms with van der Waals surface area (Å²) in [6.45, 7) is 8.46. The molecule has 1 amide bonds. The lowest BCUT2D eigenvalue weighted by Gasteiger charge is -2.25. The van der Waals surface area contributed by atoms with Gasteiger partial charge < -0.3 is 24.4 Å². The van der Waals surface area contributed by atoms with Gasteiger partial charge in [0.1, 0.15) is 11.3 Å². The van der Waals surface area contributed by atoms with Gasteiger partial charge in [-0.2, -0.15) is 0 Å². The summed E-state index contributed by atoms with van der Waals surface area (Å²) in [5.41, 5.74) is 1.94. The van der Waals surface area contributed by atoms with Crippen LogP contribution in [0.15, 0.2) is 21.3 Å². The van der Waals surface area contributed by atoms with Crippen LogP contribution in [0, 0.1) is 26.7 Å². The van der Waals surface area contributed by atoms with E-state index in [4.69, 9.17) is 9.15 Å². The third-order valence-corrected chi connectivity index (χ3v) is 4.80. The van der Waals surface area contributed by atoms with Gasteiger partial charge in [-0.3, -0.25) is 4.79 Å². The Morgan fingerprint density at radius 2 is 1.89 bits per heavy atom. The highest BCUT2D eigenvalue weighted by Gasteiger charge is 2.20. The number of carbonyl (C=O) groups is 2. The summed E-state index contributed by atoms with van der Waals surface area (Å²) >= 11 is 0. The Bertz CT molecular complexity index is 930. The first-order valence-electron chi connectivity index (χ1n) is 8.83. The van der Waals surface area contributed by atoms with Gasteiger partial charge in [-0.05, 0) is 49.9 Å². The molecule has 0 saturated carbocycles. The van der Waals surface area contributed by atoms with Crippen LogP contribution in [0.5, 0.6) is 5.75 Å². The van der Waals surface area contributed by atoms with Crippen LogP contribution >= 0.6 is 0 Å². The van der Waals surface area contributed by atoms with Crippen LogP contribution in [-0.2, 0) is 9.59 Å². The van der Waals surface area contributed by atoms with E-state index in [0.29, 0.717) is 34.3 Å². The minimum Gasteiger partial charge on any atom is -0.548 e. The van der Waals surface area contributed by atoms with Crippen molar-refractivity contribution in [1.29, 1.82) is 0 Å². The summed E-state index contributed by atoms with van der Waals surface area (Å²) in [4.78, 5) is 35.3. The van der Waals surface area contributed by atoms with E-state index < -0.39 is 23.5 Å². The molecule has 1 heterocycles. The van der Waals surface area contributed by atoms with Crippen molar-refractivity contribution in [3.63, 3.8) is 0 Å². The summed E-state index contributed by atoms with van der Waals surface area (Å²) < 4.78 is 11.0. The molecule has 7 nitrogen and oxygen atoms in total. The Morgan fingerprint density at radius 3 is 2.48 bits per heavy atom. The van der Waals surface area contributed by atoms with Crippen molar-refractivity contribution < 1.29 is 23.8 Å². The van der Waals surface area contributed by atoms with Crippen molar-refractivity contribution >= 4 is 22.8 Å². The number of fused-ring (bicyclic) bond motifs is 1. The number of carboxylic acid groups (broad SMARTS) is 1. The van der Waals surface area contributed by atoms with E-state index >= 15 is 0 Å². The van der Waals surface area contributed by atoms with E-state index in [1.807, 2.05) is 13.8 Å². The number of ether oxygens (including phenoxy) is 1. The number of hydrogen-bond donors (Lipinski definition) is 1. The number of nitrogens with one attached hydrogen (secondary N) is 1. The number of carboxylic acids is 1. The zero-order valence-electron chi connectivity index (χ0n) is 16.2. The van der Waals surface area contributed by atoms with Crippen LogP contribution in [0.2, 0.25) is 0 Å². The Kier molecular flexibility index (Phi) is 6.25. The third-order valence-electron chi connectivity index (χ3n) is 4.80. The van der Waals surface area contributed by atoms with Gasteiger partial charge in [0.25, 0.3) is 5.91 Å². The molecule has 0 spiro atoms. The smallest absolute Gasteiger partial charge is 0.339 e. The van der Waals surface area contributed by atoms with Crippen LogP contribution in [0.3, 0.4) is 0 Å². The van der Waals surface area contributed by atoms with E-state index in [9.17, 15) is 19.5 Å².